The molecule has 112 valence electrons. The van der Waals surface area contributed by atoms with Crippen LogP contribution in [0.15, 0.2) is 12.1 Å². The Morgan fingerprint density at radius 3 is 3.00 bits per heavy atom. The number of nitrogens with two attached hydrogens (primary N) is 1. The average Bonchev–Trinajstić information content (AvgIpc) is 2.39. The van der Waals surface area contributed by atoms with Gasteiger partial charge in [-0.2, -0.15) is 4.98 Å². The molecule has 5 nitrogen and oxygen atoms in total. The van der Waals surface area contributed by atoms with E-state index in [2.05, 4.69) is 36.1 Å². The Labute approximate surface area is 121 Å². The lowest BCUT2D eigenvalue weighted by Gasteiger charge is -2.30. The molecule has 0 bridgehead atoms. The predicted octanol–water partition coefficient (Wildman–Crippen LogP) is 2.20. The first kappa shape index (κ1) is 14.9. The first-order chi connectivity index (χ1) is 9.54. The number of anilines is 2. The smallest absolute Gasteiger partial charge is 0.239 e. The van der Waals surface area contributed by atoms with Crippen LogP contribution in [0.1, 0.15) is 26.7 Å². The summed E-state index contributed by atoms with van der Waals surface area (Å²) in [6.45, 7) is 7.07. The Balaban J connectivity index is 1.99. The van der Waals surface area contributed by atoms with Crippen LogP contribution < -0.4 is 15.8 Å². The highest BCUT2D eigenvalue weighted by Gasteiger charge is 2.17. The number of nitrogen functional groups attached to an aromatic ring is 1. The maximum atomic E-state index is 5.91. The SMILES string of the molecule is CC(C)COc1nc(NC2CCCN(C)C2)ccc1N. The molecule has 2 heterocycles. The minimum absolute atomic E-state index is 0.447. The number of aromatic nitrogens is 1. The lowest BCUT2D eigenvalue weighted by atomic mass is 10.1. The second-order valence-corrected chi connectivity index (χ2v) is 6.04. The van der Waals surface area contributed by atoms with Crippen LogP contribution in [0.4, 0.5) is 11.5 Å². The van der Waals surface area contributed by atoms with Crippen LogP contribution in [0, 0.1) is 5.92 Å². The summed E-state index contributed by atoms with van der Waals surface area (Å²) in [5.74, 6) is 1.84. The van der Waals surface area contributed by atoms with Crippen molar-refractivity contribution in [2.45, 2.75) is 32.7 Å². The molecule has 1 aliphatic rings. The van der Waals surface area contributed by atoms with Gasteiger partial charge in [0.25, 0.3) is 0 Å². The van der Waals surface area contributed by atoms with Crippen LogP contribution >= 0.6 is 0 Å². The zero-order valence-electron chi connectivity index (χ0n) is 12.7. The standard InChI is InChI=1S/C15H26N4O/c1-11(2)10-20-15-13(16)6-7-14(18-15)17-12-5-4-8-19(3)9-12/h6-7,11-12H,4-5,8-10,16H2,1-3H3,(H,17,18). The van der Waals surface area contributed by atoms with Crippen molar-refractivity contribution in [2.75, 3.05) is 37.8 Å². The Morgan fingerprint density at radius 1 is 1.50 bits per heavy atom. The zero-order valence-corrected chi connectivity index (χ0v) is 12.7. The summed E-state index contributed by atoms with van der Waals surface area (Å²) in [7, 11) is 2.15. The van der Waals surface area contributed by atoms with E-state index in [9.17, 15) is 0 Å². The zero-order chi connectivity index (χ0) is 14.5. The molecule has 1 aromatic heterocycles. The topological polar surface area (TPSA) is 63.4 Å². The number of likely N-dealkylation sites (tertiary alicyclic amines) is 1. The molecule has 0 amide bonds. The number of pyridine rings is 1. The molecular formula is C15H26N4O. The molecule has 20 heavy (non-hydrogen) atoms. The molecule has 0 spiro atoms. The summed E-state index contributed by atoms with van der Waals surface area (Å²) in [4.78, 5) is 6.83. The van der Waals surface area contributed by atoms with Crippen molar-refractivity contribution >= 4 is 11.5 Å². The van der Waals surface area contributed by atoms with Crippen LogP contribution in [0.25, 0.3) is 0 Å². The third-order valence-electron chi connectivity index (χ3n) is 3.42. The van der Waals surface area contributed by atoms with Crippen molar-refractivity contribution in [3.05, 3.63) is 12.1 Å². The number of likely N-dealkylation sites (N-methyl/N-ethyl adjacent to an activating group) is 1. The molecule has 1 aliphatic heterocycles. The van der Waals surface area contributed by atoms with Gasteiger partial charge in [-0.3, -0.25) is 0 Å². The number of hydrogen-bond acceptors (Lipinski definition) is 5. The van der Waals surface area contributed by atoms with Crippen molar-refractivity contribution in [1.29, 1.82) is 0 Å². The molecule has 3 N–H and O–H groups in total. The molecule has 0 radical (unpaired) electrons. The molecule has 1 unspecified atom stereocenters. The number of hydrogen-bond donors (Lipinski definition) is 2. The fourth-order valence-electron chi connectivity index (χ4n) is 2.39. The minimum atomic E-state index is 0.447. The van der Waals surface area contributed by atoms with Crippen molar-refractivity contribution in [2.24, 2.45) is 5.92 Å². The van der Waals surface area contributed by atoms with Crippen LogP contribution in [-0.4, -0.2) is 42.7 Å². The molecule has 2 rings (SSSR count). The van der Waals surface area contributed by atoms with Crippen LogP contribution in [0.2, 0.25) is 0 Å². The van der Waals surface area contributed by atoms with Gasteiger partial charge in [-0.05, 0) is 44.5 Å². The van der Waals surface area contributed by atoms with E-state index in [0.29, 0.717) is 30.1 Å². The fourth-order valence-corrected chi connectivity index (χ4v) is 2.39. The van der Waals surface area contributed by atoms with E-state index in [1.54, 1.807) is 0 Å². The molecule has 0 aliphatic carbocycles. The maximum absolute atomic E-state index is 5.91. The van der Waals surface area contributed by atoms with Gasteiger partial charge in [0.05, 0.1) is 12.3 Å². The lowest BCUT2D eigenvalue weighted by Crippen LogP contribution is -2.39. The van der Waals surface area contributed by atoms with E-state index in [1.165, 1.54) is 19.4 Å². The molecule has 0 saturated carbocycles. The number of nitrogens with zero attached hydrogens (tertiary/aromatic N) is 2. The Bertz CT molecular complexity index is 436. The summed E-state index contributed by atoms with van der Waals surface area (Å²) in [5.41, 5.74) is 6.50. The van der Waals surface area contributed by atoms with E-state index in [-0.39, 0.29) is 0 Å². The van der Waals surface area contributed by atoms with Gasteiger partial charge in [-0.1, -0.05) is 13.8 Å². The second kappa shape index (κ2) is 6.79. The normalized spacial score (nSPS) is 20.1. The van der Waals surface area contributed by atoms with Crippen LogP contribution in [0.3, 0.4) is 0 Å². The Morgan fingerprint density at radius 2 is 2.30 bits per heavy atom. The number of nitrogens with one attached hydrogen (secondary N) is 1. The van der Waals surface area contributed by atoms with E-state index >= 15 is 0 Å². The summed E-state index contributed by atoms with van der Waals surface area (Å²) in [6, 6.07) is 4.23. The van der Waals surface area contributed by atoms with Crippen LogP contribution in [0.5, 0.6) is 5.88 Å². The summed E-state index contributed by atoms with van der Waals surface area (Å²) < 4.78 is 5.66. The van der Waals surface area contributed by atoms with E-state index in [1.807, 2.05) is 12.1 Å². The Hall–Kier alpha value is -1.49. The highest BCUT2D eigenvalue weighted by molar-refractivity contribution is 5.53. The van der Waals surface area contributed by atoms with Crippen molar-refractivity contribution < 1.29 is 4.74 Å². The van der Waals surface area contributed by atoms with Crippen LogP contribution in [-0.2, 0) is 0 Å². The third-order valence-corrected chi connectivity index (χ3v) is 3.42. The van der Waals surface area contributed by atoms with E-state index in [0.717, 1.165) is 12.4 Å². The van der Waals surface area contributed by atoms with Gasteiger partial charge in [0.2, 0.25) is 5.88 Å². The lowest BCUT2D eigenvalue weighted by molar-refractivity contribution is 0.258. The van der Waals surface area contributed by atoms with Gasteiger partial charge in [0.15, 0.2) is 0 Å². The van der Waals surface area contributed by atoms with Crippen molar-refractivity contribution in [3.8, 4) is 5.88 Å². The first-order valence-corrected chi connectivity index (χ1v) is 7.39. The minimum Gasteiger partial charge on any atom is -0.476 e. The maximum Gasteiger partial charge on any atom is 0.239 e. The van der Waals surface area contributed by atoms with E-state index < -0.39 is 0 Å². The average molecular weight is 278 g/mol. The summed E-state index contributed by atoms with van der Waals surface area (Å²) in [6.07, 6.45) is 2.40. The van der Waals surface area contributed by atoms with Gasteiger partial charge >= 0.3 is 0 Å². The van der Waals surface area contributed by atoms with Gasteiger partial charge in [0, 0.05) is 12.6 Å². The first-order valence-electron chi connectivity index (χ1n) is 7.39. The number of piperidine rings is 1. The quantitative estimate of drug-likeness (QED) is 0.864. The van der Waals surface area contributed by atoms with Gasteiger partial charge in [0.1, 0.15) is 5.82 Å². The highest BCUT2D eigenvalue weighted by Crippen LogP contribution is 2.23. The molecule has 1 fully saturated rings. The highest BCUT2D eigenvalue weighted by atomic mass is 16.5. The molecule has 1 saturated heterocycles. The number of rotatable bonds is 5. The molecule has 1 aromatic rings. The summed E-state index contributed by atoms with van der Waals surface area (Å²) >= 11 is 0. The summed E-state index contributed by atoms with van der Waals surface area (Å²) in [5, 5.41) is 3.48. The Kier molecular flexibility index (Phi) is 5.06. The van der Waals surface area contributed by atoms with Gasteiger partial charge < -0.3 is 20.7 Å². The largest absolute Gasteiger partial charge is 0.476 e. The van der Waals surface area contributed by atoms with Crippen molar-refractivity contribution in [3.63, 3.8) is 0 Å². The molecule has 1 atom stereocenters. The second-order valence-electron chi connectivity index (χ2n) is 6.04. The number of ether oxygens (including phenoxy) is 1. The predicted molar refractivity (Wildman–Crippen MR) is 83.1 cm³/mol. The van der Waals surface area contributed by atoms with E-state index in [4.69, 9.17) is 10.5 Å². The van der Waals surface area contributed by atoms with Crippen molar-refractivity contribution in [1.82, 2.24) is 9.88 Å². The molecule has 0 aromatic carbocycles. The third kappa shape index (κ3) is 4.27. The molecule has 5 heteroatoms. The van der Waals surface area contributed by atoms with Gasteiger partial charge in [-0.15, -0.1) is 0 Å². The molecular weight excluding hydrogens is 252 g/mol. The monoisotopic (exact) mass is 278 g/mol. The fraction of sp³-hybridized carbons (Fsp3) is 0.667. The van der Waals surface area contributed by atoms with Gasteiger partial charge in [-0.25, -0.2) is 0 Å².